The summed E-state index contributed by atoms with van der Waals surface area (Å²) in [5, 5.41) is 3.17. The molecule has 1 N–H and O–H groups in total. The molecule has 0 bridgehead atoms. The van der Waals surface area contributed by atoms with E-state index in [4.69, 9.17) is 0 Å². The van der Waals surface area contributed by atoms with Crippen LogP contribution in [0.4, 0.5) is 23.2 Å². The Balaban J connectivity index is 1.82. The summed E-state index contributed by atoms with van der Waals surface area (Å²) in [6.45, 7) is 0. The average Bonchev–Trinajstić information content (AvgIpc) is 3.12. The van der Waals surface area contributed by atoms with Crippen LogP contribution in [-0.2, 0) is 16.2 Å². The standard InChI is InChI=1S/C17H11F4N3O3S/c18-13-6-1-2-7-14(13)24-28(25,26)12-5-3-4-11(10-12)8-9-15-22-16(27-23-15)17(19,20)21/h1-10,24H/b9-8+. The van der Waals surface area contributed by atoms with Gasteiger partial charge in [0, 0.05) is 0 Å². The van der Waals surface area contributed by atoms with Gasteiger partial charge in [0.15, 0.2) is 5.82 Å². The third-order valence-corrected chi connectivity index (χ3v) is 4.76. The normalized spacial score (nSPS) is 12.4. The number of nitrogens with zero attached hydrogens (tertiary/aromatic N) is 2. The maximum Gasteiger partial charge on any atom is 0.471 e. The highest BCUT2D eigenvalue weighted by Crippen LogP contribution is 2.27. The molecule has 0 unspecified atom stereocenters. The zero-order valence-corrected chi connectivity index (χ0v) is 14.6. The zero-order valence-electron chi connectivity index (χ0n) is 13.8. The minimum Gasteiger partial charge on any atom is -0.329 e. The van der Waals surface area contributed by atoms with Crippen LogP contribution in [0.5, 0.6) is 0 Å². The lowest BCUT2D eigenvalue weighted by molar-refractivity contribution is -0.159. The number of hydrogen-bond donors (Lipinski definition) is 1. The van der Waals surface area contributed by atoms with E-state index in [-0.39, 0.29) is 16.4 Å². The summed E-state index contributed by atoms with van der Waals surface area (Å²) in [7, 11) is -4.08. The Hall–Kier alpha value is -3.21. The summed E-state index contributed by atoms with van der Waals surface area (Å²) in [6, 6.07) is 10.8. The topological polar surface area (TPSA) is 85.1 Å². The molecule has 11 heteroatoms. The molecule has 6 nitrogen and oxygen atoms in total. The lowest BCUT2D eigenvalue weighted by Gasteiger charge is -2.09. The molecule has 0 aliphatic carbocycles. The van der Waals surface area contributed by atoms with Gasteiger partial charge in [0.05, 0.1) is 10.6 Å². The molecule has 0 spiro atoms. The number of aromatic nitrogens is 2. The van der Waals surface area contributed by atoms with Crippen molar-refractivity contribution in [1.29, 1.82) is 0 Å². The lowest BCUT2D eigenvalue weighted by Crippen LogP contribution is -2.14. The van der Waals surface area contributed by atoms with Crippen LogP contribution in [0.3, 0.4) is 0 Å². The highest BCUT2D eigenvalue weighted by Gasteiger charge is 2.38. The summed E-state index contributed by atoms with van der Waals surface area (Å²) < 4.78 is 82.1. The first-order valence-electron chi connectivity index (χ1n) is 7.61. The van der Waals surface area contributed by atoms with Crippen molar-refractivity contribution in [3.63, 3.8) is 0 Å². The average molecular weight is 413 g/mol. The molecule has 3 rings (SSSR count). The van der Waals surface area contributed by atoms with Crippen LogP contribution in [0.1, 0.15) is 17.3 Å². The molecule has 0 saturated heterocycles. The van der Waals surface area contributed by atoms with Gasteiger partial charge in [-0.25, -0.2) is 12.8 Å². The van der Waals surface area contributed by atoms with E-state index < -0.39 is 27.9 Å². The quantitative estimate of drug-likeness (QED) is 0.634. The molecule has 1 aromatic heterocycles. The Morgan fingerprint density at radius 1 is 1.04 bits per heavy atom. The first-order chi connectivity index (χ1) is 13.1. The Morgan fingerprint density at radius 3 is 2.46 bits per heavy atom. The predicted octanol–water partition coefficient (Wildman–Crippen LogP) is 4.20. The summed E-state index contributed by atoms with van der Waals surface area (Å²) in [5.74, 6) is -2.55. The van der Waals surface area contributed by atoms with Gasteiger partial charge in [-0.05, 0) is 35.9 Å². The number of halogens is 4. The number of alkyl halides is 3. The van der Waals surface area contributed by atoms with Gasteiger partial charge in [-0.3, -0.25) is 4.72 Å². The van der Waals surface area contributed by atoms with Crippen molar-refractivity contribution in [2.24, 2.45) is 0 Å². The van der Waals surface area contributed by atoms with E-state index in [1.807, 2.05) is 0 Å². The number of rotatable bonds is 5. The van der Waals surface area contributed by atoms with Crippen molar-refractivity contribution in [3.05, 3.63) is 71.6 Å². The van der Waals surface area contributed by atoms with E-state index in [0.29, 0.717) is 5.56 Å². The molecule has 0 aliphatic heterocycles. The van der Waals surface area contributed by atoms with Crippen LogP contribution in [0.25, 0.3) is 12.2 Å². The van der Waals surface area contributed by atoms with E-state index in [0.717, 1.165) is 12.1 Å². The van der Waals surface area contributed by atoms with Gasteiger partial charge < -0.3 is 4.52 Å². The van der Waals surface area contributed by atoms with Crippen molar-refractivity contribution in [1.82, 2.24) is 10.1 Å². The Kier molecular flexibility index (Phi) is 5.18. The fraction of sp³-hybridized carbons (Fsp3) is 0.0588. The smallest absolute Gasteiger partial charge is 0.329 e. The molecule has 0 fully saturated rings. The lowest BCUT2D eigenvalue weighted by atomic mass is 10.2. The fourth-order valence-corrected chi connectivity index (χ4v) is 3.24. The van der Waals surface area contributed by atoms with Crippen molar-refractivity contribution < 1.29 is 30.5 Å². The Labute approximate surface area is 156 Å². The Morgan fingerprint density at radius 2 is 1.79 bits per heavy atom. The molecule has 146 valence electrons. The van der Waals surface area contributed by atoms with Gasteiger partial charge in [0.1, 0.15) is 5.82 Å². The second kappa shape index (κ2) is 7.43. The van der Waals surface area contributed by atoms with E-state index in [2.05, 4.69) is 19.4 Å². The zero-order chi connectivity index (χ0) is 20.4. The third kappa shape index (κ3) is 4.55. The van der Waals surface area contributed by atoms with Crippen molar-refractivity contribution in [2.45, 2.75) is 11.1 Å². The molecule has 0 saturated carbocycles. The van der Waals surface area contributed by atoms with E-state index in [1.54, 1.807) is 0 Å². The summed E-state index contributed by atoms with van der Waals surface area (Å²) in [4.78, 5) is 3.01. The molecule has 2 aromatic carbocycles. The number of anilines is 1. The van der Waals surface area contributed by atoms with Crippen LogP contribution in [0, 0.1) is 5.82 Å². The minimum absolute atomic E-state index is 0.165. The maximum absolute atomic E-state index is 13.7. The van der Waals surface area contributed by atoms with Crippen LogP contribution in [0.15, 0.2) is 57.9 Å². The molecule has 0 amide bonds. The van der Waals surface area contributed by atoms with Crippen molar-refractivity contribution in [2.75, 3.05) is 4.72 Å². The number of nitrogens with one attached hydrogen (secondary N) is 1. The summed E-state index contributed by atoms with van der Waals surface area (Å²) in [5.41, 5.74) is 0.129. The van der Waals surface area contributed by atoms with Crippen LogP contribution in [-0.4, -0.2) is 18.6 Å². The molecular formula is C17H11F4N3O3S. The van der Waals surface area contributed by atoms with E-state index >= 15 is 0 Å². The summed E-state index contributed by atoms with van der Waals surface area (Å²) in [6.07, 6.45) is -2.31. The SMILES string of the molecule is O=S(=O)(Nc1ccccc1F)c1cccc(/C=C/c2noc(C(F)(F)F)n2)c1. The fourth-order valence-electron chi connectivity index (χ4n) is 2.12. The number of benzene rings is 2. The first-order valence-corrected chi connectivity index (χ1v) is 9.10. The molecule has 0 radical (unpaired) electrons. The first kappa shape index (κ1) is 19.5. The molecule has 1 heterocycles. The number of para-hydroxylation sites is 1. The van der Waals surface area contributed by atoms with Crippen molar-refractivity contribution in [3.8, 4) is 0 Å². The van der Waals surface area contributed by atoms with Gasteiger partial charge in [0.25, 0.3) is 10.0 Å². The molecule has 0 aliphatic rings. The molecule has 28 heavy (non-hydrogen) atoms. The van der Waals surface area contributed by atoms with Gasteiger partial charge in [-0.1, -0.05) is 35.5 Å². The molecule has 0 atom stereocenters. The highest BCUT2D eigenvalue weighted by atomic mass is 32.2. The monoisotopic (exact) mass is 413 g/mol. The minimum atomic E-state index is -4.76. The Bertz CT molecular complexity index is 1120. The van der Waals surface area contributed by atoms with Gasteiger partial charge >= 0.3 is 12.1 Å². The van der Waals surface area contributed by atoms with Crippen LogP contribution in [0.2, 0.25) is 0 Å². The predicted molar refractivity (Wildman–Crippen MR) is 91.9 cm³/mol. The van der Waals surface area contributed by atoms with E-state index in [9.17, 15) is 26.0 Å². The third-order valence-electron chi connectivity index (χ3n) is 3.40. The number of sulfonamides is 1. The summed E-state index contributed by atoms with van der Waals surface area (Å²) >= 11 is 0. The van der Waals surface area contributed by atoms with Crippen LogP contribution >= 0.6 is 0 Å². The number of hydrogen-bond acceptors (Lipinski definition) is 5. The van der Waals surface area contributed by atoms with Gasteiger partial charge in [-0.15, -0.1) is 0 Å². The second-order valence-corrected chi connectivity index (χ2v) is 7.13. The second-order valence-electron chi connectivity index (χ2n) is 5.45. The largest absolute Gasteiger partial charge is 0.471 e. The van der Waals surface area contributed by atoms with Gasteiger partial charge in [0.2, 0.25) is 0 Å². The molecular weight excluding hydrogens is 402 g/mol. The van der Waals surface area contributed by atoms with E-state index in [1.165, 1.54) is 48.5 Å². The van der Waals surface area contributed by atoms with Gasteiger partial charge in [-0.2, -0.15) is 18.2 Å². The van der Waals surface area contributed by atoms with Crippen molar-refractivity contribution >= 4 is 27.9 Å². The van der Waals surface area contributed by atoms with Crippen LogP contribution < -0.4 is 4.72 Å². The highest BCUT2D eigenvalue weighted by molar-refractivity contribution is 7.92. The molecule has 3 aromatic rings. The maximum atomic E-state index is 13.7.